The number of anilines is 1. The number of nitrogens with one attached hydrogen (secondary N) is 1. The first-order valence-corrected chi connectivity index (χ1v) is 6.17. The van der Waals surface area contributed by atoms with Crippen LogP contribution in [-0.2, 0) is 0 Å². The summed E-state index contributed by atoms with van der Waals surface area (Å²) in [6.45, 7) is 2.30. The number of nitrogens with zero attached hydrogens (tertiary/aromatic N) is 3. The highest BCUT2D eigenvalue weighted by Gasteiger charge is 2.25. The van der Waals surface area contributed by atoms with Crippen LogP contribution in [0.2, 0.25) is 5.02 Å². The fourth-order valence-electron chi connectivity index (χ4n) is 1.53. The second kappa shape index (κ2) is 6.16. The molecule has 104 valence electrons. The van der Waals surface area contributed by atoms with Crippen LogP contribution in [0, 0.1) is 10.1 Å². The summed E-state index contributed by atoms with van der Waals surface area (Å²) in [5.74, 6) is 0.238. The van der Waals surface area contributed by atoms with Crippen LogP contribution in [0.15, 0.2) is 30.6 Å². The minimum absolute atomic E-state index is 0.106. The molecule has 0 aliphatic rings. The van der Waals surface area contributed by atoms with Gasteiger partial charge in [0.1, 0.15) is 12.1 Å². The van der Waals surface area contributed by atoms with Gasteiger partial charge in [0.05, 0.1) is 9.95 Å². The van der Waals surface area contributed by atoms with Crippen molar-refractivity contribution in [3.8, 4) is 11.6 Å². The number of para-hydroxylation sites is 1. The molecule has 2 rings (SSSR count). The van der Waals surface area contributed by atoms with Gasteiger partial charge in [-0.15, -0.1) is 0 Å². The Balaban J connectivity index is 2.44. The first-order valence-electron chi connectivity index (χ1n) is 5.79. The lowest BCUT2D eigenvalue weighted by Crippen LogP contribution is -2.06. The second-order valence-electron chi connectivity index (χ2n) is 3.70. The van der Waals surface area contributed by atoms with E-state index >= 15 is 0 Å². The van der Waals surface area contributed by atoms with Crippen LogP contribution in [0.4, 0.5) is 11.5 Å². The van der Waals surface area contributed by atoms with Crippen molar-refractivity contribution in [1.82, 2.24) is 9.97 Å². The van der Waals surface area contributed by atoms with E-state index in [1.54, 1.807) is 31.2 Å². The van der Waals surface area contributed by atoms with E-state index in [2.05, 4.69) is 15.3 Å². The second-order valence-corrected chi connectivity index (χ2v) is 4.10. The summed E-state index contributed by atoms with van der Waals surface area (Å²) >= 11 is 5.95. The zero-order valence-electron chi connectivity index (χ0n) is 10.5. The molecule has 1 aromatic carbocycles. The number of ether oxygens (including phenoxy) is 1. The molecule has 8 heteroatoms. The van der Waals surface area contributed by atoms with Crippen molar-refractivity contribution in [2.24, 2.45) is 0 Å². The average molecular weight is 295 g/mol. The van der Waals surface area contributed by atoms with Gasteiger partial charge in [-0.1, -0.05) is 23.7 Å². The summed E-state index contributed by atoms with van der Waals surface area (Å²) in [4.78, 5) is 18.2. The molecule has 0 aliphatic heterocycles. The van der Waals surface area contributed by atoms with E-state index in [9.17, 15) is 10.1 Å². The van der Waals surface area contributed by atoms with E-state index in [1.807, 2.05) is 0 Å². The van der Waals surface area contributed by atoms with Gasteiger partial charge in [0, 0.05) is 6.54 Å². The zero-order valence-corrected chi connectivity index (χ0v) is 11.3. The highest BCUT2D eigenvalue weighted by atomic mass is 35.5. The van der Waals surface area contributed by atoms with Crippen LogP contribution in [0.25, 0.3) is 0 Å². The normalized spacial score (nSPS) is 10.1. The molecule has 2 aromatic rings. The quantitative estimate of drug-likeness (QED) is 0.672. The van der Waals surface area contributed by atoms with Gasteiger partial charge in [-0.05, 0) is 19.1 Å². The van der Waals surface area contributed by atoms with Crippen LogP contribution in [-0.4, -0.2) is 21.4 Å². The molecule has 0 saturated heterocycles. The molecule has 0 aliphatic carbocycles. The highest BCUT2D eigenvalue weighted by molar-refractivity contribution is 6.32. The lowest BCUT2D eigenvalue weighted by Gasteiger charge is -2.08. The van der Waals surface area contributed by atoms with Gasteiger partial charge in [0.2, 0.25) is 5.82 Å². The predicted molar refractivity (Wildman–Crippen MR) is 74.4 cm³/mol. The molecule has 0 atom stereocenters. The van der Waals surface area contributed by atoms with Crippen molar-refractivity contribution in [2.75, 3.05) is 11.9 Å². The molecule has 0 spiro atoms. The van der Waals surface area contributed by atoms with E-state index in [0.717, 1.165) is 0 Å². The third-order valence-electron chi connectivity index (χ3n) is 2.36. The van der Waals surface area contributed by atoms with Crippen LogP contribution in [0.5, 0.6) is 11.6 Å². The smallest absolute Gasteiger partial charge is 0.373 e. The Morgan fingerprint density at radius 2 is 2.15 bits per heavy atom. The molecule has 0 radical (unpaired) electrons. The Labute approximate surface area is 119 Å². The van der Waals surface area contributed by atoms with Gasteiger partial charge in [0.25, 0.3) is 0 Å². The molecule has 20 heavy (non-hydrogen) atoms. The first-order chi connectivity index (χ1) is 9.63. The van der Waals surface area contributed by atoms with Gasteiger partial charge < -0.3 is 10.1 Å². The molecule has 0 saturated carbocycles. The molecular weight excluding hydrogens is 284 g/mol. The van der Waals surface area contributed by atoms with Gasteiger partial charge in [-0.2, -0.15) is 4.98 Å². The summed E-state index contributed by atoms with van der Waals surface area (Å²) in [5, 5.41) is 14.3. The minimum Gasteiger partial charge on any atom is -0.432 e. The van der Waals surface area contributed by atoms with Crippen LogP contribution in [0.3, 0.4) is 0 Å². The number of nitro groups is 1. The Morgan fingerprint density at radius 1 is 1.40 bits per heavy atom. The molecule has 0 unspecified atom stereocenters. The SMILES string of the molecule is CCNc1ncnc(Oc2ccccc2Cl)c1[N+](=O)[O-]. The lowest BCUT2D eigenvalue weighted by molar-refractivity contribution is -0.385. The number of halogens is 1. The topological polar surface area (TPSA) is 90.2 Å². The Bertz CT molecular complexity index is 636. The lowest BCUT2D eigenvalue weighted by atomic mass is 10.3. The van der Waals surface area contributed by atoms with E-state index in [0.29, 0.717) is 17.3 Å². The highest BCUT2D eigenvalue weighted by Crippen LogP contribution is 2.36. The molecular formula is C12H11ClN4O3. The Morgan fingerprint density at radius 3 is 2.80 bits per heavy atom. The number of rotatable bonds is 5. The molecule has 1 heterocycles. The van der Waals surface area contributed by atoms with Crippen molar-refractivity contribution in [2.45, 2.75) is 6.92 Å². The maximum atomic E-state index is 11.2. The summed E-state index contributed by atoms with van der Waals surface area (Å²) in [6, 6.07) is 6.66. The standard InChI is InChI=1S/C12H11ClN4O3/c1-2-14-11-10(17(18)19)12(16-7-15-11)20-9-6-4-3-5-8(9)13/h3-7H,2H2,1H3,(H,14,15,16). The van der Waals surface area contributed by atoms with E-state index in [1.165, 1.54) is 6.33 Å². The fraction of sp³-hybridized carbons (Fsp3) is 0.167. The summed E-state index contributed by atoms with van der Waals surface area (Å²) < 4.78 is 5.42. The third kappa shape index (κ3) is 2.94. The fourth-order valence-corrected chi connectivity index (χ4v) is 1.70. The molecule has 0 fully saturated rings. The van der Waals surface area contributed by atoms with Crippen LogP contribution in [0.1, 0.15) is 6.92 Å². The van der Waals surface area contributed by atoms with Crippen molar-refractivity contribution in [3.05, 3.63) is 45.7 Å². The predicted octanol–water partition coefficient (Wildman–Crippen LogP) is 3.26. The van der Waals surface area contributed by atoms with Crippen molar-refractivity contribution in [3.63, 3.8) is 0 Å². The monoisotopic (exact) mass is 294 g/mol. The molecule has 1 N–H and O–H groups in total. The zero-order chi connectivity index (χ0) is 14.5. The van der Waals surface area contributed by atoms with Gasteiger partial charge in [-0.3, -0.25) is 10.1 Å². The number of hydrogen-bond acceptors (Lipinski definition) is 6. The number of hydrogen-bond donors (Lipinski definition) is 1. The first kappa shape index (κ1) is 14.0. The molecule has 1 aromatic heterocycles. The molecule has 0 amide bonds. The Hall–Kier alpha value is -2.41. The maximum Gasteiger partial charge on any atom is 0.373 e. The van der Waals surface area contributed by atoms with Crippen LogP contribution >= 0.6 is 11.6 Å². The summed E-state index contributed by atoms with van der Waals surface area (Å²) in [6.07, 6.45) is 1.19. The van der Waals surface area contributed by atoms with Gasteiger partial charge >= 0.3 is 11.6 Å². The third-order valence-corrected chi connectivity index (χ3v) is 2.67. The number of aromatic nitrogens is 2. The van der Waals surface area contributed by atoms with Crippen LogP contribution < -0.4 is 10.1 Å². The van der Waals surface area contributed by atoms with E-state index in [-0.39, 0.29) is 17.4 Å². The van der Waals surface area contributed by atoms with Gasteiger partial charge in [0.15, 0.2) is 0 Å². The average Bonchev–Trinajstić information content (AvgIpc) is 2.41. The molecule has 7 nitrogen and oxygen atoms in total. The van der Waals surface area contributed by atoms with E-state index in [4.69, 9.17) is 16.3 Å². The molecule has 0 bridgehead atoms. The summed E-state index contributed by atoms with van der Waals surface area (Å²) in [5.41, 5.74) is -0.325. The number of benzene rings is 1. The van der Waals surface area contributed by atoms with E-state index < -0.39 is 4.92 Å². The minimum atomic E-state index is -0.593. The Kier molecular flexibility index (Phi) is 4.31. The van der Waals surface area contributed by atoms with Crippen molar-refractivity contribution in [1.29, 1.82) is 0 Å². The van der Waals surface area contributed by atoms with Crippen molar-refractivity contribution >= 4 is 23.1 Å². The van der Waals surface area contributed by atoms with Crippen molar-refractivity contribution < 1.29 is 9.66 Å². The largest absolute Gasteiger partial charge is 0.432 e. The summed E-state index contributed by atoms with van der Waals surface area (Å²) in [7, 11) is 0. The van der Waals surface area contributed by atoms with Gasteiger partial charge in [-0.25, -0.2) is 4.98 Å². The maximum absolute atomic E-state index is 11.2.